The highest BCUT2D eigenvalue weighted by Crippen LogP contribution is 2.33. The number of nitrogens with one attached hydrogen (secondary N) is 1. The van der Waals surface area contributed by atoms with Gasteiger partial charge in [0.1, 0.15) is 18.2 Å². The molecule has 0 aromatic heterocycles. The third-order valence-corrected chi connectivity index (χ3v) is 5.95. The predicted molar refractivity (Wildman–Crippen MR) is 121 cm³/mol. The lowest BCUT2D eigenvalue weighted by atomic mass is 10.1. The monoisotopic (exact) mass is 467 g/mol. The first kappa shape index (κ1) is 19.7. The highest BCUT2D eigenvalue weighted by Gasteiger charge is 2.32. The molecule has 0 aliphatic carbocycles. The molecular weight excluding hydrogens is 450 g/mol. The predicted octanol–water partition coefficient (Wildman–Crippen LogP) is 5.50. The number of thioether (sulfide) groups is 1. The Morgan fingerprint density at radius 3 is 2.83 bits per heavy atom. The van der Waals surface area contributed by atoms with Crippen LogP contribution in [0.1, 0.15) is 23.6 Å². The number of carbonyl (C=O) groups is 1. The zero-order valence-electron chi connectivity index (χ0n) is 15.9. The molecule has 0 radical (unpaired) electrons. The zero-order valence-corrected chi connectivity index (χ0v) is 18.3. The summed E-state index contributed by atoms with van der Waals surface area (Å²) < 4.78 is 6.70. The molecule has 146 valence electrons. The normalized spacial score (nSPS) is 17.3. The maximum atomic E-state index is 12.4. The van der Waals surface area contributed by atoms with Crippen LogP contribution in [0.15, 0.2) is 68.6 Å². The number of ether oxygens (including phenoxy) is 1. The summed E-state index contributed by atoms with van der Waals surface area (Å²) in [5.41, 5.74) is 3.35. The second-order valence-corrected chi connectivity index (χ2v) is 8.85. The molecule has 0 atom stereocenters. The quantitative estimate of drug-likeness (QED) is 0.602. The standard InChI is InChI=1S/C22H18BrN3O2S/c1-13-4-3-5-16(8-13)12-28-19-7-6-15(10-18(19)23)9-17-20(24)26-11-14(2)29-22(26)25-21(17)27/h3-11,24H,12H2,1-2H3/b17-9-,24-20?. The van der Waals surface area contributed by atoms with Crippen LogP contribution >= 0.6 is 27.7 Å². The molecule has 2 aromatic carbocycles. The van der Waals surface area contributed by atoms with Gasteiger partial charge in [-0.25, -0.2) is 0 Å². The summed E-state index contributed by atoms with van der Waals surface area (Å²) in [7, 11) is 0. The number of hydrogen-bond donors (Lipinski definition) is 1. The highest BCUT2D eigenvalue weighted by atomic mass is 79.9. The van der Waals surface area contributed by atoms with E-state index in [1.807, 2.05) is 43.5 Å². The van der Waals surface area contributed by atoms with Gasteiger partial charge in [-0.2, -0.15) is 4.99 Å². The molecule has 4 rings (SSSR count). The molecular formula is C22H18BrN3O2S. The van der Waals surface area contributed by atoms with Gasteiger partial charge in [-0.3, -0.25) is 15.1 Å². The minimum atomic E-state index is -0.396. The van der Waals surface area contributed by atoms with E-state index in [0.717, 1.165) is 20.5 Å². The van der Waals surface area contributed by atoms with Crippen LogP contribution < -0.4 is 4.74 Å². The molecule has 0 fully saturated rings. The molecule has 2 aliphatic rings. The molecule has 2 aliphatic heterocycles. The number of hydrogen-bond acceptors (Lipinski definition) is 4. The van der Waals surface area contributed by atoms with Crippen molar-refractivity contribution >= 4 is 50.7 Å². The maximum absolute atomic E-state index is 12.4. The minimum Gasteiger partial charge on any atom is -0.488 e. The van der Waals surface area contributed by atoms with Gasteiger partial charge in [-0.05, 0) is 59.1 Å². The summed E-state index contributed by atoms with van der Waals surface area (Å²) in [4.78, 5) is 19.1. The summed E-state index contributed by atoms with van der Waals surface area (Å²) in [6, 6.07) is 13.8. The zero-order chi connectivity index (χ0) is 20.5. The van der Waals surface area contributed by atoms with Gasteiger partial charge < -0.3 is 4.74 Å². The Hall–Kier alpha value is -2.64. The van der Waals surface area contributed by atoms with E-state index in [9.17, 15) is 4.79 Å². The Morgan fingerprint density at radius 1 is 1.24 bits per heavy atom. The maximum Gasteiger partial charge on any atom is 0.283 e. The van der Waals surface area contributed by atoms with E-state index >= 15 is 0 Å². The number of aliphatic imine (C=N–C) groups is 1. The number of allylic oxidation sites excluding steroid dienone is 1. The minimum absolute atomic E-state index is 0.139. The molecule has 0 bridgehead atoms. The molecule has 5 nitrogen and oxygen atoms in total. The molecule has 1 amide bonds. The first-order chi connectivity index (χ1) is 13.9. The number of halogens is 1. The number of rotatable bonds is 4. The second-order valence-electron chi connectivity index (χ2n) is 6.79. The summed E-state index contributed by atoms with van der Waals surface area (Å²) in [6.07, 6.45) is 3.51. The molecule has 0 saturated heterocycles. The van der Waals surface area contributed by atoms with E-state index in [2.05, 4.69) is 40.0 Å². The van der Waals surface area contributed by atoms with E-state index < -0.39 is 5.91 Å². The van der Waals surface area contributed by atoms with Gasteiger partial charge in [0.05, 0.1) is 10.0 Å². The number of amidine groups is 2. The van der Waals surface area contributed by atoms with E-state index in [0.29, 0.717) is 17.5 Å². The summed E-state index contributed by atoms with van der Waals surface area (Å²) >= 11 is 4.94. The van der Waals surface area contributed by atoms with E-state index in [1.165, 1.54) is 17.3 Å². The molecule has 0 saturated carbocycles. The fraction of sp³-hybridized carbons (Fsp3) is 0.136. The topological polar surface area (TPSA) is 65.8 Å². The number of amides is 1. The summed E-state index contributed by atoms with van der Waals surface area (Å²) in [5.74, 6) is 0.460. The van der Waals surface area contributed by atoms with Gasteiger partial charge in [0.15, 0.2) is 5.17 Å². The number of benzene rings is 2. The van der Waals surface area contributed by atoms with Gasteiger partial charge in [0, 0.05) is 11.1 Å². The van der Waals surface area contributed by atoms with Crippen molar-refractivity contribution in [2.24, 2.45) is 4.99 Å². The number of carbonyl (C=O) groups excluding carboxylic acids is 1. The molecule has 1 N–H and O–H groups in total. The number of fused-ring (bicyclic) bond motifs is 1. The Balaban J connectivity index is 1.53. The molecule has 0 unspecified atom stereocenters. The average molecular weight is 468 g/mol. The van der Waals surface area contributed by atoms with Crippen molar-refractivity contribution < 1.29 is 9.53 Å². The smallest absolute Gasteiger partial charge is 0.283 e. The highest BCUT2D eigenvalue weighted by molar-refractivity contribution is 9.10. The third kappa shape index (κ3) is 4.21. The van der Waals surface area contributed by atoms with Crippen molar-refractivity contribution in [3.05, 3.63) is 80.3 Å². The lowest BCUT2D eigenvalue weighted by Gasteiger charge is -2.22. The molecule has 7 heteroatoms. The van der Waals surface area contributed by atoms with Crippen molar-refractivity contribution in [2.45, 2.75) is 20.5 Å². The average Bonchev–Trinajstić information content (AvgIpc) is 3.05. The van der Waals surface area contributed by atoms with Crippen LogP contribution in [0.25, 0.3) is 6.08 Å². The van der Waals surface area contributed by atoms with Crippen LogP contribution in [-0.4, -0.2) is 21.8 Å². The summed E-state index contributed by atoms with van der Waals surface area (Å²) in [6.45, 7) is 4.45. The largest absolute Gasteiger partial charge is 0.488 e. The van der Waals surface area contributed by atoms with Crippen molar-refractivity contribution in [2.75, 3.05) is 0 Å². The van der Waals surface area contributed by atoms with Gasteiger partial charge in [0.25, 0.3) is 5.91 Å². The third-order valence-electron chi connectivity index (χ3n) is 4.44. The van der Waals surface area contributed by atoms with Crippen molar-refractivity contribution in [3.8, 4) is 5.75 Å². The Labute approximate surface area is 181 Å². The van der Waals surface area contributed by atoms with E-state index in [4.69, 9.17) is 10.1 Å². The molecule has 2 aromatic rings. The van der Waals surface area contributed by atoms with Gasteiger partial charge in [-0.15, -0.1) is 0 Å². The van der Waals surface area contributed by atoms with Gasteiger partial charge in [-0.1, -0.05) is 47.7 Å². The Bertz CT molecular complexity index is 1120. The molecule has 29 heavy (non-hydrogen) atoms. The first-order valence-electron chi connectivity index (χ1n) is 8.98. The van der Waals surface area contributed by atoms with Crippen LogP contribution in [-0.2, 0) is 11.4 Å². The first-order valence-corrected chi connectivity index (χ1v) is 10.6. The van der Waals surface area contributed by atoms with Crippen LogP contribution in [0.4, 0.5) is 0 Å². The fourth-order valence-electron chi connectivity index (χ4n) is 3.06. The SMILES string of the molecule is CC1=CN2C(=N)/C(=C/c3ccc(OCc4cccc(C)c4)c(Br)c3)C(=O)N=C2S1. The van der Waals surface area contributed by atoms with Crippen molar-refractivity contribution in [1.29, 1.82) is 5.41 Å². The lowest BCUT2D eigenvalue weighted by Crippen LogP contribution is -2.35. The molecule has 2 heterocycles. The van der Waals surface area contributed by atoms with Crippen molar-refractivity contribution in [1.82, 2.24) is 4.90 Å². The second kappa shape index (κ2) is 8.00. The van der Waals surface area contributed by atoms with Crippen LogP contribution in [0, 0.1) is 12.3 Å². The fourth-order valence-corrected chi connectivity index (χ4v) is 4.38. The van der Waals surface area contributed by atoms with Crippen LogP contribution in [0.3, 0.4) is 0 Å². The summed E-state index contributed by atoms with van der Waals surface area (Å²) in [5, 5.41) is 8.92. The van der Waals surface area contributed by atoms with Crippen LogP contribution in [0.2, 0.25) is 0 Å². The van der Waals surface area contributed by atoms with E-state index in [-0.39, 0.29) is 11.4 Å². The molecule has 0 spiro atoms. The van der Waals surface area contributed by atoms with Crippen molar-refractivity contribution in [3.63, 3.8) is 0 Å². The van der Waals surface area contributed by atoms with Crippen LogP contribution in [0.5, 0.6) is 5.75 Å². The lowest BCUT2D eigenvalue weighted by molar-refractivity contribution is -0.114. The van der Waals surface area contributed by atoms with E-state index in [1.54, 1.807) is 11.0 Å². The van der Waals surface area contributed by atoms with Gasteiger partial charge >= 0.3 is 0 Å². The van der Waals surface area contributed by atoms with Gasteiger partial charge in [0.2, 0.25) is 0 Å². The number of nitrogens with zero attached hydrogens (tertiary/aromatic N) is 2. The Kier molecular flexibility index (Phi) is 5.43. The number of aryl methyl sites for hydroxylation is 1. The Morgan fingerprint density at radius 2 is 2.07 bits per heavy atom.